The molecule has 1 aliphatic rings. The molecule has 1 aromatic carbocycles. The van der Waals surface area contributed by atoms with Gasteiger partial charge in [-0.2, -0.15) is 0 Å². The summed E-state index contributed by atoms with van der Waals surface area (Å²) in [5, 5.41) is 3.10. The molecule has 100 valence electrons. The summed E-state index contributed by atoms with van der Waals surface area (Å²) in [4.78, 5) is 11.8. The zero-order chi connectivity index (χ0) is 13.2. The van der Waals surface area contributed by atoms with Crippen molar-refractivity contribution in [3.8, 4) is 0 Å². The molecule has 19 heavy (non-hydrogen) atoms. The highest BCUT2D eigenvalue weighted by molar-refractivity contribution is 5.13. The van der Waals surface area contributed by atoms with Gasteiger partial charge >= 0.3 is 0 Å². The molecule has 0 bridgehead atoms. The zero-order valence-corrected chi connectivity index (χ0v) is 11.0. The van der Waals surface area contributed by atoms with Crippen molar-refractivity contribution >= 4 is 0 Å². The molecule has 3 rings (SSSR count). The van der Waals surface area contributed by atoms with Gasteiger partial charge in [-0.1, -0.05) is 30.3 Å². The van der Waals surface area contributed by atoms with Gasteiger partial charge in [0, 0.05) is 11.8 Å². The number of rotatable bonds is 4. The summed E-state index contributed by atoms with van der Waals surface area (Å²) in [6.07, 6.45) is 2.15. The molecule has 1 fully saturated rings. The summed E-state index contributed by atoms with van der Waals surface area (Å²) < 4.78 is 7.62. The molecule has 4 heteroatoms. The van der Waals surface area contributed by atoms with Gasteiger partial charge in [-0.3, -0.25) is 9.89 Å². The van der Waals surface area contributed by atoms with Crippen molar-refractivity contribution in [2.24, 2.45) is 0 Å². The molecule has 0 spiro atoms. The van der Waals surface area contributed by atoms with Crippen molar-refractivity contribution < 1.29 is 4.74 Å². The van der Waals surface area contributed by atoms with Crippen molar-refractivity contribution in [2.75, 3.05) is 0 Å². The van der Waals surface area contributed by atoms with E-state index in [0.717, 1.165) is 18.5 Å². The molecule has 0 aliphatic heterocycles. The van der Waals surface area contributed by atoms with E-state index in [1.54, 1.807) is 10.7 Å². The summed E-state index contributed by atoms with van der Waals surface area (Å²) in [5.74, 6) is 0. The third-order valence-corrected chi connectivity index (χ3v) is 3.69. The third kappa shape index (κ3) is 2.49. The summed E-state index contributed by atoms with van der Waals surface area (Å²) in [6, 6.07) is 11.9. The van der Waals surface area contributed by atoms with Gasteiger partial charge in [0.25, 0.3) is 5.56 Å². The Hall–Kier alpha value is -1.81. The number of hydrogen-bond acceptors (Lipinski definition) is 2. The van der Waals surface area contributed by atoms with E-state index in [1.165, 1.54) is 5.56 Å². The molecule has 1 heterocycles. The van der Waals surface area contributed by atoms with Crippen LogP contribution in [0.3, 0.4) is 0 Å². The minimum absolute atomic E-state index is 0.0375. The van der Waals surface area contributed by atoms with E-state index < -0.39 is 0 Å². The Labute approximate surface area is 112 Å². The monoisotopic (exact) mass is 258 g/mol. The van der Waals surface area contributed by atoms with Gasteiger partial charge in [-0.25, -0.2) is 4.68 Å². The second-order valence-electron chi connectivity index (χ2n) is 5.13. The van der Waals surface area contributed by atoms with Crippen molar-refractivity contribution in [1.29, 1.82) is 0 Å². The largest absolute Gasteiger partial charge is 0.371 e. The lowest BCUT2D eigenvalue weighted by Crippen LogP contribution is -2.40. The van der Waals surface area contributed by atoms with Crippen molar-refractivity contribution in [3.63, 3.8) is 0 Å². The number of ether oxygens (including phenoxy) is 1. The van der Waals surface area contributed by atoms with Crippen molar-refractivity contribution in [2.45, 2.75) is 38.5 Å². The number of H-pyrrole nitrogens is 1. The van der Waals surface area contributed by atoms with E-state index in [2.05, 4.69) is 17.2 Å². The van der Waals surface area contributed by atoms with E-state index in [-0.39, 0.29) is 17.7 Å². The lowest BCUT2D eigenvalue weighted by molar-refractivity contribution is -0.0540. The molecule has 1 aromatic heterocycles. The fourth-order valence-corrected chi connectivity index (χ4v) is 2.50. The van der Waals surface area contributed by atoms with Crippen LogP contribution in [0.5, 0.6) is 0 Å². The SMILES string of the molecule is Cc1cc(=O)n(C2CCC2OCc2ccccc2)[nH]1. The summed E-state index contributed by atoms with van der Waals surface area (Å²) >= 11 is 0. The first kappa shape index (κ1) is 12.2. The third-order valence-electron chi connectivity index (χ3n) is 3.69. The first-order chi connectivity index (χ1) is 9.24. The highest BCUT2D eigenvalue weighted by Gasteiger charge is 2.34. The van der Waals surface area contributed by atoms with Crippen LogP contribution in [0.25, 0.3) is 0 Å². The molecule has 0 saturated heterocycles. The average molecular weight is 258 g/mol. The number of benzene rings is 1. The van der Waals surface area contributed by atoms with Gasteiger partial charge in [0.15, 0.2) is 0 Å². The molecule has 0 amide bonds. The molecule has 1 N–H and O–H groups in total. The molecule has 4 nitrogen and oxygen atoms in total. The molecule has 2 aromatic rings. The zero-order valence-electron chi connectivity index (χ0n) is 11.0. The first-order valence-corrected chi connectivity index (χ1v) is 6.68. The number of nitrogens with zero attached hydrogens (tertiary/aromatic N) is 1. The van der Waals surface area contributed by atoms with E-state index >= 15 is 0 Å². The van der Waals surface area contributed by atoms with Gasteiger partial charge in [-0.15, -0.1) is 0 Å². The fraction of sp³-hybridized carbons (Fsp3) is 0.400. The molecular formula is C15H18N2O2. The van der Waals surface area contributed by atoms with E-state index in [1.807, 2.05) is 25.1 Å². The predicted octanol–water partition coefficient (Wildman–Crippen LogP) is 2.41. The van der Waals surface area contributed by atoms with Crippen LogP contribution in [0.2, 0.25) is 0 Å². The molecular weight excluding hydrogens is 240 g/mol. The molecule has 1 saturated carbocycles. The normalized spacial score (nSPS) is 22.2. The number of aromatic nitrogens is 2. The van der Waals surface area contributed by atoms with Crippen LogP contribution in [0.4, 0.5) is 0 Å². The Kier molecular flexibility index (Phi) is 3.25. The van der Waals surface area contributed by atoms with E-state index in [0.29, 0.717) is 6.61 Å². The molecule has 0 radical (unpaired) electrons. The average Bonchev–Trinajstić information content (AvgIpc) is 2.69. The summed E-state index contributed by atoms with van der Waals surface area (Å²) in [7, 11) is 0. The molecule has 1 aliphatic carbocycles. The van der Waals surface area contributed by atoms with Crippen LogP contribution in [0, 0.1) is 6.92 Å². The maximum Gasteiger partial charge on any atom is 0.267 e. The number of hydrogen-bond donors (Lipinski definition) is 1. The minimum atomic E-state index is 0.0375. The first-order valence-electron chi connectivity index (χ1n) is 6.68. The lowest BCUT2D eigenvalue weighted by Gasteiger charge is -2.36. The van der Waals surface area contributed by atoms with Gasteiger partial charge in [0.05, 0.1) is 18.8 Å². The second kappa shape index (κ2) is 5.05. The van der Waals surface area contributed by atoms with Gasteiger partial charge in [0.2, 0.25) is 0 Å². The number of aryl methyl sites for hydroxylation is 1. The van der Waals surface area contributed by atoms with Crippen LogP contribution < -0.4 is 5.56 Å². The molecule has 2 unspecified atom stereocenters. The van der Waals surface area contributed by atoms with Crippen LogP contribution >= 0.6 is 0 Å². The van der Waals surface area contributed by atoms with Gasteiger partial charge < -0.3 is 4.74 Å². The molecule has 2 atom stereocenters. The van der Waals surface area contributed by atoms with Crippen LogP contribution in [-0.4, -0.2) is 15.9 Å². The Balaban J connectivity index is 1.64. The quantitative estimate of drug-likeness (QED) is 0.915. The van der Waals surface area contributed by atoms with Crippen LogP contribution in [-0.2, 0) is 11.3 Å². The minimum Gasteiger partial charge on any atom is -0.371 e. The Morgan fingerprint density at radius 2 is 2.11 bits per heavy atom. The van der Waals surface area contributed by atoms with Crippen LogP contribution in [0.1, 0.15) is 30.1 Å². The van der Waals surface area contributed by atoms with Crippen molar-refractivity contribution in [1.82, 2.24) is 9.78 Å². The Bertz CT molecular complexity index is 600. The van der Waals surface area contributed by atoms with Crippen LogP contribution in [0.15, 0.2) is 41.2 Å². The maximum atomic E-state index is 11.8. The maximum absolute atomic E-state index is 11.8. The number of nitrogens with one attached hydrogen (secondary N) is 1. The van der Waals surface area contributed by atoms with E-state index in [4.69, 9.17) is 4.74 Å². The van der Waals surface area contributed by atoms with Crippen molar-refractivity contribution in [3.05, 3.63) is 58.0 Å². The van der Waals surface area contributed by atoms with Gasteiger partial charge in [-0.05, 0) is 25.3 Å². The lowest BCUT2D eigenvalue weighted by atomic mass is 9.89. The summed E-state index contributed by atoms with van der Waals surface area (Å²) in [6.45, 7) is 2.51. The smallest absolute Gasteiger partial charge is 0.267 e. The number of aromatic amines is 1. The highest BCUT2D eigenvalue weighted by atomic mass is 16.5. The predicted molar refractivity (Wildman–Crippen MR) is 73.1 cm³/mol. The Morgan fingerprint density at radius 1 is 1.32 bits per heavy atom. The van der Waals surface area contributed by atoms with E-state index in [9.17, 15) is 4.79 Å². The standard InChI is InChI=1S/C15H18N2O2/c1-11-9-15(18)17(16-11)13-7-8-14(13)19-10-12-5-3-2-4-6-12/h2-6,9,13-14,16H,7-8,10H2,1H3. The summed E-state index contributed by atoms with van der Waals surface area (Å²) in [5.41, 5.74) is 2.11. The van der Waals surface area contributed by atoms with Gasteiger partial charge in [0.1, 0.15) is 0 Å². The Morgan fingerprint density at radius 3 is 2.68 bits per heavy atom. The fourth-order valence-electron chi connectivity index (χ4n) is 2.50. The topological polar surface area (TPSA) is 47.0 Å². The highest BCUT2D eigenvalue weighted by Crippen LogP contribution is 2.34. The second-order valence-corrected chi connectivity index (χ2v) is 5.13.